The fraction of sp³-hybridized carbons (Fsp3) is 0.216. The van der Waals surface area contributed by atoms with Gasteiger partial charge in [0.15, 0.2) is 28.8 Å². The number of Topliss-reactive ketones (excluding diaryl/α,β-unsaturated/α-hetero) is 1. The van der Waals surface area contributed by atoms with Crippen molar-refractivity contribution in [3.05, 3.63) is 148 Å². The molecule has 0 spiro atoms. The van der Waals surface area contributed by atoms with Crippen molar-refractivity contribution in [1.29, 1.82) is 0 Å². The molecule has 8 rings (SSSR count). The Balaban J connectivity index is 0.000000223. The summed E-state index contributed by atoms with van der Waals surface area (Å²) in [4.78, 5) is 34.8. The van der Waals surface area contributed by atoms with Crippen molar-refractivity contribution < 1.29 is 28.5 Å². The zero-order valence-corrected chi connectivity index (χ0v) is 38.3. The summed E-state index contributed by atoms with van der Waals surface area (Å²) < 4.78 is 29.2. The van der Waals surface area contributed by atoms with Crippen LogP contribution in [0.15, 0.2) is 131 Å². The molecule has 1 saturated heterocycles. The van der Waals surface area contributed by atoms with E-state index in [9.17, 15) is 9.59 Å². The van der Waals surface area contributed by atoms with Crippen LogP contribution >= 0.6 is 15.9 Å². The molecule has 0 saturated carbocycles. The third-order valence-electron chi connectivity index (χ3n) is 11.3. The Morgan fingerprint density at radius 2 is 1.12 bits per heavy atom. The molecular weight excluding hydrogens is 888 g/mol. The van der Waals surface area contributed by atoms with Gasteiger partial charge in [-0.3, -0.25) is 9.59 Å². The molecule has 4 heterocycles. The van der Waals surface area contributed by atoms with E-state index >= 15 is 0 Å². The molecule has 6 N–H and O–H groups in total. The Hall–Kier alpha value is -7.16. The van der Waals surface area contributed by atoms with Gasteiger partial charge in [0.25, 0.3) is 0 Å². The molecule has 1 aliphatic rings. The minimum atomic E-state index is -0.291. The highest BCUT2D eigenvalue weighted by molar-refractivity contribution is 9.10. The predicted molar refractivity (Wildman–Crippen MR) is 260 cm³/mol. The molecule has 7 aromatic rings. The molecule has 14 heteroatoms. The van der Waals surface area contributed by atoms with Crippen LogP contribution in [0, 0.1) is 5.92 Å². The molecule has 0 radical (unpaired) electrons. The Morgan fingerprint density at radius 3 is 1.62 bits per heavy atom. The van der Waals surface area contributed by atoms with Crippen LogP contribution in [0.3, 0.4) is 0 Å². The van der Waals surface area contributed by atoms with Gasteiger partial charge in [-0.05, 0) is 111 Å². The van der Waals surface area contributed by atoms with Gasteiger partial charge < -0.3 is 45.5 Å². The summed E-state index contributed by atoms with van der Waals surface area (Å²) >= 11 is 3.35. The molecule has 334 valence electrons. The van der Waals surface area contributed by atoms with E-state index in [0.717, 1.165) is 82.7 Å². The van der Waals surface area contributed by atoms with Crippen LogP contribution in [0.1, 0.15) is 28.8 Å². The minimum Gasteiger partial charge on any atom is -0.493 e. The monoisotopic (exact) mass is 938 g/mol. The highest BCUT2D eigenvalue weighted by Gasteiger charge is 2.19. The number of carbonyl (C=O) groups excluding carboxylic acids is 1. The number of rotatable bonds is 13. The van der Waals surface area contributed by atoms with Crippen LogP contribution in [-0.2, 0) is 17.7 Å². The maximum atomic E-state index is 13.2. The summed E-state index contributed by atoms with van der Waals surface area (Å²) in [6, 6.07) is 30.6. The lowest BCUT2D eigenvalue weighted by molar-refractivity contribution is 0.0611. The Morgan fingerprint density at radius 1 is 0.646 bits per heavy atom. The molecule has 1 aliphatic heterocycles. The van der Waals surface area contributed by atoms with Crippen molar-refractivity contribution in [2.45, 2.75) is 25.8 Å². The van der Waals surface area contributed by atoms with E-state index in [1.54, 1.807) is 53.2 Å². The third kappa shape index (κ3) is 11.0. The maximum absolute atomic E-state index is 13.2. The summed E-state index contributed by atoms with van der Waals surface area (Å²) in [5, 5.41) is 0. The summed E-state index contributed by atoms with van der Waals surface area (Å²) in [7, 11) is 6.42. The predicted octanol–water partition coefficient (Wildman–Crippen LogP) is 9.39. The molecule has 13 nitrogen and oxygen atoms in total. The van der Waals surface area contributed by atoms with Crippen molar-refractivity contribution in [2.75, 3.05) is 58.9 Å². The number of aromatic nitrogens is 3. The second kappa shape index (κ2) is 21.0. The topological polar surface area (TPSA) is 189 Å². The lowest BCUT2D eigenvalue weighted by Crippen LogP contribution is -2.24. The van der Waals surface area contributed by atoms with Crippen LogP contribution in [0.2, 0.25) is 0 Å². The molecule has 4 aromatic carbocycles. The Bertz CT molecular complexity index is 2840. The number of hydrogen-bond acceptors (Lipinski definition) is 12. The van der Waals surface area contributed by atoms with Gasteiger partial charge in [0.05, 0.1) is 38.5 Å². The third-order valence-corrected chi connectivity index (χ3v) is 11.8. The lowest BCUT2D eigenvalue weighted by Gasteiger charge is -2.23. The van der Waals surface area contributed by atoms with E-state index in [-0.39, 0.29) is 23.2 Å². The fourth-order valence-corrected chi connectivity index (χ4v) is 8.11. The molecule has 1 fully saturated rings. The first-order valence-corrected chi connectivity index (χ1v) is 21.7. The highest BCUT2D eigenvalue weighted by atomic mass is 79.9. The standard InChI is InChI=1S/C32H32BrN3O5.C19H19N3O2/c1-39-29-8-7-23(15-30(29)40-2)24-14-25(32(34)35-16-24)22-5-3-20(4-6-22)13-28(37)26-18-36(19-27(33)31(26)38)17-21-9-11-41-12-10-21;1-23-17-8-5-13(10-18(17)24-2)14-9-16(19(21)22-11-14)12-3-6-15(20)7-4-12/h3-8,14-16,18-19,21H,9-13,17H2,1-2H3,(H2,34,35);3-11H,20H2,1-2H3,(H2,21,22). The normalized spacial score (nSPS) is 12.4. The van der Waals surface area contributed by atoms with Gasteiger partial charge in [0.2, 0.25) is 5.43 Å². The van der Waals surface area contributed by atoms with Gasteiger partial charge in [-0.2, -0.15) is 0 Å². The number of methoxy groups -OCH3 is 4. The van der Waals surface area contributed by atoms with Gasteiger partial charge in [-0.1, -0.05) is 48.5 Å². The van der Waals surface area contributed by atoms with E-state index in [2.05, 4.69) is 25.9 Å². The number of nitrogen functional groups attached to an aromatic ring is 3. The quantitative estimate of drug-likeness (QED) is 0.0735. The van der Waals surface area contributed by atoms with E-state index in [0.29, 0.717) is 50.7 Å². The van der Waals surface area contributed by atoms with E-state index in [1.807, 2.05) is 102 Å². The van der Waals surface area contributed by atoms with Crippen molar-refractivity contribution in [2.24, 2.45) is 5.92 Å². The first kappa shape index (κ1) is 45.9. The second-order valence-corrected chi connectivity index (χ2v) is 16.3. The maximum Gasteiger partial charge on any atom is 0.206 e. The van der Waals surface area contributed by atoms with E-state index in [4.69, 9.17) is 40.9 Å². The molecular formula is C51H51BrN6O7. The fourth-order valence-electron chi connectivity index (χ4n) is 7.63. The Kier molecular flexibility index (Phi) is 14.8. The van der Waals surface area contributed by atoms with Crippen LogP contribution in [0.5, 0.6) is 23.0 Å². The number of hydrogen-bond donors (Lipinski definition) is 3. The number of carbonyl (C=O) groups is 1. The lowest BCUT2D eigenvalue weighted by atomic mass is 9.98. The summed E-state index contributed by atoms with van der Waals surface area (Å²) in [5.74, 6) is 3.73. The number of ketones is 1. The van der Waals surface area contributed by atoms with Gasteiger partial charge in [-0.15, -0.1) is 0 Å². The number of ether oxygens (including phenoxy) is 5. The van der Waals surface area contributed by atoms with Gasteiger partial charge >= 0.3 is 0 Å². The van der Waals surface area contributed by atoms with Crippen molar-refractivity contribution >= 4 is 39.0 Å². The van der Waals surface area contributed by atoms with Crippen LogP contribution in [0.4, 0.5) is 17.3 Å². The highest BCUT2D eigenvalue weighted by Crippen LogP contribution is 2.37. The van der Waals surface area contributed by atoms with Crippen LogP contribution < -0.4 is 41.6 Å². The first-order chi connectivity index (χ1) is 31.5. The number of benzene rings is 4. The zero-order chi connectivity index (χ0) is 46.0. The van der Waals surface area contributed by atoms with E-state index in [1.165, 1.54) is 0 Å². The zero-order valence-electron chi connectivity index (χ0n) is 36.7. The number of pyridine rings is 3. The Labute approximate surface area is 386 Å². The molecule has 0 amide bonds. The van der Waals surface area contributed by atoms with Crippen molar-refractivity contribution in [3.63, 3.8) is 0 Å². The van der Waals surface area contributed by atoms with Crippen LogP contribution in [-0.4, -0.2) is 62.0 Å². The summed E-state index contributed by atoms with van der Waals surface area (Å²) in [5.41, 5.74) is 26.6. The molecule has 0 aliphatic carbocycles. The second-order valence-electron chi connectivity index (χ2n) is 15.5. The summed E-state index contributed by atoms with van der Waals surface area (Å²) in [6.45, 7) is 2.24. The molecule has 65 heavy (non-hydrogen) atoms. The largest absolute Gasteiger partial charge is 0.493 e. The van der Waals surface area contributed by atoms with Gasteiger partial charge in [0, 0.05) is 78.9 Å². The molecule has 0 bridgehead atoms. The first-order valence-electron chi connectivity index (χ1n) is 20.9. The average molecular weight is 940 g/mol. The van der Waals surface area contributed by atoms with Gasteiger partial charge in [0.1, 0.15) is 11.6 Å². The number of nitrogens with two attached hydrogens (primary N) is 3. The molecule has 0 unspecified atom stereocenters. The van der Waals surface area contributed by atoms with Crippen LogP contribution in [0.25, 0.3) is 44.5 Å². The number of nitrogens with zero attached hydrogens (tertiary/aromatic N) is 3. The number of halogens is 1. The average Bonchev–Trinajstić information content (AvgIpc) is 3.33. The number of anilines is 3. The smallest absolute Gasteiger partial charge is 0.206 e. The SMILES string of the molecule is COc1ccc(-c2cnc(N)c(-c3ccc(CC(=O)c4cn(CC5CCOCC5)cc(Br)c4=O)cc3)c2)cc1OC.COc1ccc(-c2cnc(N)c(-c3ccc(N)cc3)c2)cc1OC. The minimum absolute atomic E-state index is 0.114. The van der Waals surface area contributed by atoms with E-state index < -0.39 is 0 Å². The molecule has 0 atom stereocenters. The summed E-state index contributed by atoms with van der Waals surface area (Å²) in [6.07, 6.45) is 8.97. The van der Waals surface area contributed by atoms with Crippen molar-refractivity contribution in [1.82, 2.24) is 14.5 Å². The van der Waals surface area contributed by atoms with Crippen molar-refractivity contribution in [3.8, 4) is 67.5 Å². The molecule has 3 aromatic heterocycles. The van der Waals surface area contributed by atoms with Gasteiger partial charge in [-0.25, -0.2) is 9.97 Å².